The summed E-state index contributed by atoms with van der Waals surface area (Å²) in [6, 6.07) is 5.82. The Morgan fingerprint density at radius 2 is 1.69 bits per heavy atom. The van der Waals surface area contributed by atoms with Crippen LogP contribution in [0.1, 0.15) is 74.8 Å². The number of alkyl halides is 2. The second-order valence-electron chi connectivity index (χ2n) is 12.0. The summed E-state index contributed by atoms with van der Waals surface area (Å²) >= 11 is 0. The van der Waals surface area contributed by atoms with Gasteiger partial charge in [0, 0.05) is 35.9 Å². The maximum absolute atomic E-state index is 15.6. The minimum absolute atomic E-state index is 0.000489. The van der Waals surface area contributed by atoms with Gasteiger partial charge in [-0.3, -0.25) is 39.1 Å². The van der Waals surface area contributed by atoms with Crippen molar-refractivity contribution in [3.63, 3.8) is 0 Å². The molecule has 1 N–H and O–H groups in total. The maximum atomic E-state index is 15.6. The molecule has 234 valence electrons. The van der Waals surface area contributed by atoms with E-state index in [0.717, 1.165) is 9.80 Å². The Balaban J connectivity index is 1.00. The molecule has 1 aromatic heterocycles. The van der Waals surface area contributed by atoms with Crippen molar-refractivity contribution in [3.05, 3.63) is 64.6 Å². The molecule has 0 saturated carbocycles. The molecular formula is C31H28F3N5O6. The first-order valence-corrected chi connectivity index (χ1v) is 14.8. The molecule has 3 fully saturated rings. The predicted octanol–water partition coefficient (Wildman–Crippen LogP) is 3.10. The lowest BCUT2D eigenvalue weighted by Crippen LogP contribution is -2.60. The topological polar surface area (TPSA) is 133 Å². The van der Waals surface area contributed by atoms with E-state index in [2.05, 4.69) is 10.5 Å². The molecule has 2 unspecified atom stereocenters. The number of carbonyl (C=O) groups excluding carboxylic acids is 5. The summed E-state index contributed by atoms with van der Waals surface area (Å²) in [4.78, 5) is 66.9. The van der Waals surface area contributed by atoms with Crippen LogP contribution in [0.4, 0.5) is 13.2 Å². The van der Waals surface area contributed by atoms with Crippen LogP contribution in [0.3, 0.4) is 0 Å². The van der Waals surface area contributed by atoms with Crippen molar-refractivity contribution in [1.29, 1.82) is 0 Å². The van der Waals surface area contributed by atoms with Gasteiger partial charge < -0.3 is 9.42 Å². The largest absolute Gasteiger partial charge is 0.356 e. The van der Waals surface area contributed by atoms with Crippen molar-refractivity contribution >= 4 is 40.5 Å². The van der Waals surface area contributed by atoms with Crippen LogP contribution in [0, 0.1) is 5.82 Å². The molecule has 7 rings (SSSR count). The number of aromatic nitrogens is 1. The standard InChI is InChI=1S/C31H28F3N5O6/c32-18-2-4-20-23(14-18)45-36-26(20)16-7-10-37(11-8-16)24-9-12-38(15-31(24,33)34)28(42)17-1-3-19-21(13-17)30(44)39(29(19)43)22-5-6-25(40)35-27(22)41/h1-4,13-14,16,22,24H,5-12,15H2,(H,35,40,41). The highest BCUT2D eigenvalue weighted by Crippen LogP contribution is 2.38. The molecule has 4 aliphatic heterocycles. The zero-order valence-corrected chi connectivity index (χ0v) is 23.9. The number of hydrogen-bond acceptors (Lipinski definition) is 8. The number of likely N-dealkylation sites (tertiary alicyclic amines) is 2. The monoisotopic (exact) mass is 623 g/mol. The lowest BCUT2D eigenvalue weighted by Gasteiger charge is -2.45. The average molecular weight is 624 g/mol. The molecule has 3 saturated heterocycles. The molecule has 4 aliphatic rings. The van der Waals surface area contributed by atoms with Crippen molar-refractivity contribution in [1.82, 2.24) is 25.2 Å². The van der Waals surface area contributed by atoms with E-state index in [9.17, 15) is 28.4 Å². The Kier molecular flexibility index (Phi) is 6.99. The number of hydrogen-bond donors (Lipinski definition) is 1. The minimum atomic E-state index is -3.20. The quantitative estimate of drug-likeness (QED) is 0.439. The van der Waals surface area contributed by atoms with Gasteiger partial charge in [-0.1, -0.05) is 5.16 Å². The lowest BCUT2D eigenvalue weighted by molar-refractivity contribution is -0.136. The van der Waals surface area contributed by atoms with E-state index >= 15 is 8.78 Å². The van der Waals surface area contributed by atoms with E-state index in [4.69, 9.17) is 4.52 Å². The lowest BCUT2D eigenvalue weighted by atomic mass is 9.89. The van der Waals surface area contributed by atoms with Crippen LogP contribution in [0.5, 0.6) is 0 Å². The van der Waals surface area contributed by atoms with Crippen LogP contribution in [-0.4, -0.2) is 93.6 Å². The van der Waals surface area contributed by atoms with Crippen molar-refractivity contribution < 1.29 is 41.7 Å². The molecule has 0 aliphatic carbocycles. The van der Waals surface area contributed by atoms with Gasteiger partial charge in [-0.2, -0.15) is 0 Å². The Morgan fingerprint density at radius 1 is 0.933 bits per heavy atom. The van der Waals surface area contributed by atoms with E-state index in [0.29, 0.717) is 42.6 Å². The van der Waals surface area contributed by atoms with Gasteiger partial charge >= 0.3 is 0 Å². The molecule has 0 radical (unpaired) electrons. The molecule has 2 atom stereocenters. The second-order valence-corrected chi connectivity index (χ2v) is 12.0. The average Bonchev–Trinajstić information content (AvgIpc) is 3.54. The number of carbonyl (C=O) groups is 5. The van der Waals surface area contributed by atoms with E-state index in [1.165, 1.54) is 30.3 Å². The smallest absolute Gasteiger partial charge is 0.280 e. The van der Waals surface area contributed by atoms with Crippen molar-refractivity contribution in [2.45, 2.75) is 56.0 Å². The van der Waals surface area contributed by atoms with E-state index in [1.54, 1.807) is 11.0 Å². The Hall–Kier alpha value is -4.59. The molecule has 3 aromatic rings. The van der Waals surface area contributed by atoms with Crippen LogP contribution in [0.25, 0.3) is 11.0 Å². The fourth-order valence-electron chi connectivity index (χ4n) is 7.05. The highest BCUT2D eigenvalue weighted by Gasteiger charge is 2.50. The number of imide groups is 2. The summed E-state index contributed by atoms with van der Waals surface area (Å²) in [6.45, 7) is 0.0747. The Labute approximate surface area is 254 Å². The fraction of sp³-hybridized carbons (Fsp3) is 0.419. The summed E-state index contributed by atoms with van der Waals surface area (Å²) < 4.78 is 50.0. The van der Waals surface area contributed by atoms with Crippen molar-refractivity contribution in [2.24, 2.45) is 0 Å². The minimum Gasteiger partial charge on any atom is -0.356 e. The van der Waals surface area contributed by atoms with Gasteiger partial charge in [0.15, 0.2) is 5.58 Å². The second kappa shape index (κ2) is 10.8. The summed E-state index contributed by atoms with van der Waals surface area (Å²) in [6.07, 6.45) is 1.15. The fourth-order valence-corrected chi connectivity index (χ4v) is 7.05. The zero-order valence-electron chi connectivity index (χ0n) is 23.9. The molecule has 14 heteroatoms. The van der Waals surface area contributed by atoms with Crippen molar-refractivity contribution in [3.8, 4) is 0 Å². The summed E-state index contributed by atoms with van der Waals surface area (Å²) in [7, 11) is 0. The number of amides is 5. The maximum Gasteiger partial charge on any atom is 0.280 e. The molecule has 0 spiro atoms. The summed E-state index contributed by atoms with van der Waals surface area (Å²) in [5.41, 5.74) is 0.938. The van der Waals surface area contributed by atoms with Gasteiger partial charge in [-0.15, -0.1) is 0 Å². The number of piperidine rings is 3. The van der Waals surface area contributed by atoms with Gasteiger partial charge in [-0.05, 0) is 69.1 Å². The normalized spacial score (nSPS) is 24.3. The molecular weight excluding hydrogens is 595 g/mol. The molecule has 45 heavy (non-hydrogen) atoms. The third-order valence-corrected chi connectivity index (χ3v) is 9.35. The van der Waals surface area contributed by atoms with Crippen LogP contribution in [0.2, 0.25) is 0 Å². The van der Waals surface area contributed by atoms with Crippen LogP contribution in [0.15, 0.2) is 40.9 Å². The number of rotatable bonds is 4. The number of benzene rings is 2. The third-order valence-electron chi connectivity index (χ3n) is 9.35. The first-order valence-electron chi connectivity index (χ1n) is 14.8. The van der Waals surface area contributed by atoms with Crippen LogP contribution < -0.4 is 5.32 Å². The van der Waals surface area contributed by atoms with Crippen molar-refractivity contribution in [2.75, 3.05) is 26.2 Å². The molecule has 11 nitrogen and oxygen atoms in total. The summed E-state index contributed by atoms with van der Waals surface area (Å²) in [5.74, 6) is -7.08. The van der Waals surface area contributed by atoms with Gasteiger partial charge in [0.05, 0.1) is 29.4 Å². The van der Waals surface area contributed by atoms with Gasteiger partial charge in [0.2, 0.25) is 11.8 Å². The zero-order chi connectivity index (χ0) is 31.6. The number of fused-ring (bicyclic) bond motifs is 2. The molecule has 0 bridgehead atoms. The van der Waals surface area contributed by atoms with Gasteiger partial charge in [-0.25, -0.2) is 13.2 Å². The Morgan fingerprint density at radius 3 is 2.42 bits per heavy atom. The van der Waals surface area contributed by atoms with Gasteiger partial charge in [0.1, 0.15) is 11.9 Å². The Bertz CT molecular complexity index is 1770. The highest BCUT2D eigenvalue weighted by atomic mass is 19.3. The first-order chi connectivity index (χ1) is 21.5. The van der Waals surface area contributed by atoms with Crippen LogP contribution >= 0.6 is 0 Å². The SMILES string of the molecule is O=C1CCC(N2C(=O)c3ccc(C(=O)N4CCC(N5CCC(c6noc7cc(F)ccc67)CC5)C(F)(F)C4)cc3C2=O)C(=O)N1. The predicted molar refractivity (Wildman–Crippen MR) is 150 cm³/mol. The van der Waals surface area contributed by atoms with Gasteiger partial charge in [0.25, 0.3) is 23.6 Å². The number of halogens is 3. The summed E-state index contributed by atoms with van der Waals surface area (Å²) in [5, 5.41) is 6.96. The highest BCUT2D eigenvalue weighted by molar-refractivity contribution is 6.24. The number of nitrogens with one attached hydrogen (secondary N) is 1. The van der Waals surface area contributed by atoms with E-state index in [1.807, 2.05) is 0 Å². The third kappa shape index (κ3) is 4.96. The molecule has 5 amide bonds. The molecule has 5 heterocycles. The molecule has 2 aromatic carbocycles. The number of nitrogens with zero attached hydrogens (tertiary/aromatic N) is 4. The first kappa shape index (κ1) is 29.1. The van der Waals surface area contributed by atoms with E-state index in [-0.39, 0.29) is 48.4 Å². The van der Waals surface area contributed by atoms with E-state index < -0.39 is 59.9 Å². The van der Waals surface area contributed by atoms with Crippen LogP contribution in [-0.2, 0) is 9.59 Å².